The largest absolute Gasteiger partial charge is 0.335 e. The smallest absolute Gasteiger partial charge is 0.240 e. The minimum atomic E-state index is -0.337. The normalized spacial score (nSPS) is 22.4. The van der Waals surface area contributed by atoms with Crippen molar-refractivity contribution in [2.75, 3.05) is 13.6 Å². The lowest BCUT2D eigenvalue weighted by Crippen LogP contribution is -2.38. The zero-order chi connectivity index (χ0) is 8.97. The number of hydrogen-bond donors (Lipinski definition) is 1. The van der Waals surface area contributed by atoms with Crippen molar-refractivity contribution < 1.29 is 10.1 Å². The summed E-state index contributed by atoms with van der Waals surface area (Å²) in [6.45, 7) is 3.06. The highest BCUT2D eigenvalue weighted by atomic mass is 17.1. The maximum Gasteiger partial charge on any atom is 0.240 e. The van der Waals surface area contributed by atoms with Crippen LogP contribution in [-0.4, -0.2) is 35.0 Å². The molecule has 12 heavy (non-hydrogen) atoms. The van der Waals surface area contributed by atoms with Gasteiger partial charge in [-0.25, -0.2) is 5.26 Å². The maximum atomic E-state index is 8.58. The van der Waals surface area contributed by atoms with E-state index in [9.17, 15) is 0 Å². The predicted molar refractivity (Wildman–Crippen MR) is 46.0 cm³/mol. The first-order valence-electron chi connectivity index (χ1n) is 4.25. The summed E-state index contributed by atoms with van der Waals surface area (Å²) in [4.78, 5) is 8.10. The van der Waals surface area contributed by atoms with E-state index >= 15 is 0 Å². The van der Waals surface area contributed by atoms with Crippen LogP contribution in [-0.2, 0) is 4.89 Å². The van der Waals surface area contributed by atoms with Gasteiger partial charge < -0.3 is 9.80 Å². The van der Waals surface area contributed by atoms with E-state index in [2.05, 4.69) is 11.8 Å². The quantitative estimate of drug-likeness (QED) is 0.512. The molecule has 70 valence electrons. The lowest BCUT2D eigenvalue weighted by Gasteiger charge is -2.26. The number of nitrogens with zero attached hydrogens (tertiary/aromatic N) is 2. The Kier molecular flexibility index (Phi) is 3.37. The van der Waals surface area contributed by atoms with Gasteiger partial charge in [0.1, 0.15) is 0 Å². The topological polar surface area (TPSA) is 35.9 Å². The van der Waals surface area contributed by atoms with Crippen molar-refractivity contribution >= 4 is 0 Å². The van der Waals surface area contributed by atoms with Gasteiger partial charge >= 0.3 is 0 Å². The molecule has 4 heteroatoms. The first-order chi connectivity index (χ1) is 5.79. The molecule has 0 aromatic heterocycles. The van der Waals surface area contributed by atoms with Crippen LogP contribution in [0.25, 0.3) is 0 Å². The second-order valence-electron chi connectivity index (χ2n) is 2.99. The number of rotatable bonds is 4. The van der Waals surface area contributed by atoms with E-state index in [0.717, 1.165) is 19.4 Å². The molecule has 0 amide bonds. The van der Waals surface area contributed by atoms with Crippen molar-refractivity contribution in [3.63, 3.8) is 0 Å². The fraction of sp³-hybridized carbons (Fsp3) is 0.750. The highest BCUT2D eigenvalue weighted by Gasteiger charge is 2.23. The van der Waals surface area contributed by atoms with Gasteiger partial charge in [-0.05, 0) is 6.42 Å². The van der Waals surface area contributed by atoms with Crippen molar-refractivity contribution in [2.45, 2.75) is 26.1 Å². The average molecular weight is 172 g/mol. The molecule has 0 aromatic carbocycles. The zero-order valence-electron chi connectivity index (χ0n) is 7.60. The fourth-order valence-electron chi connectivity index (χ4n) is 1.23. The lowest BCUT2D eigenvalue weighted by atomic mass is 10.3. The zero-order valence-corrected chi connectivity index (χ0v) is 7.60. The summed E-state index contributed by atoms with van der Waals surface area (Å²) in [6, 6.07) is 0. The third kappa shape index (κ3) is 1.89. The molecule has 1 aliphatic rings. The van der Waals surface area contributed by atoms with Gasteiger partial charge in [-0.15, -0.1) is 0 Å². The maximum absolute atomic E-state index is 8.58. The summed E-state index contributed by atoms with van der Waals surface area (Å²) in [5.74, 6) is 0. The molecule has 0 saturated heterocycles. The van der Waals surface area contributed by atoms with Crippen LogP contribution < -0.4 is 0 Å². The highest BCUT2D eigenvalue weighted by Crippen LogP contribution is 2.14. The van der Waals surface area contributed by atoms with Crippen LogP contribution in [0.5, 0.6) is 0 Å². The molecule has 1 N–H and O–H groups in total. The summed E-state index contributed by atoms with van der Waals surface area (Å²) in [5, 5.41) is 8.58. The SMILES string of the molecule is CCCCN1C=CN(C)C1OO. The van der Waals surface area contributed by atoms with E-state index in [1.165, 1.54) is 0 Å². The molecule has 0 saturated carbocycles. The Hall–Kier alpha value is -0.740. The first-order valence-corrected chi connectivity index (χ1v) is 4.25. The highest BCUT2D eigenvalue weighted by molar-refractivity contribution is 4.91. The van der Waals surface area contributed by atoms with Gasteiger partial charge in [-0.2, -0.15) is 4.89 Å². The summed E-state index contributed by atoms with van der Waals surface area (Å²) in [5.41, 5.74) is 0. The minimum Gasteiger partial charge on any atom is -0.335 e. The molecule has 1 aliphatic heterocycles. The summed E-state index contributed by atoms with van der Waals surface area (Å²) in [6.07, 6.45) is 5.73. The van der Waals surface area contributed by atoms with E-state index < -0.39 is 0 Å². The molecule has 0 spiro atoms. The second-order valence-corrected chi connectivity index (χ2v) is 2.99. The molecular weight excluding hydrogens is 156 g/mol. The van der Waals surface area contributed by atoms with Gasteiger partial charge in [0.25, 0.3) is 0 Å². The Balaban J connectivity index is 2.38. The van der Waals surface area contributed by atoms with Crippen molar-refractivity contribution in [3.8, 4) is 0 Å². The Morgan fingerprint density at radius 3 is 2.83 bits per heavy atom. The van der Waals surface area contributed by atoms with E-state index in [1.54, 1.807) is 0 Å². The minimum absolute atomic E-state index is 0.337. The van der Waals surface area contributed by atoms with E-state index in [-0.39, 0.29) is 6.35 Å². The van der Waals surface area contributed by atoms with Gasteiger partial charge in [0.05, 0.1) is 0 Å². The van der Waals surface area contributed by atoms with E-state index in [0.29, 0.717) is 0 Å². The van der Waals surface area contributed by atoms with Crippen LogP contribution in [0.4, 0.5) is 0 Å². The molecule has 1 atom stereocenters. The van der Waals surface area contributed by atoms with Crippen LogP contribution in [0.15, 0.2) is 12.4 Å². The number of hydrogen-bond acceptors (Lipinski definition) is 4. The van der Waals surface area contributed by atoms with Crippen molar-refractivity contribution in [1.29, 1.82) is 0 Å². The summed E-state index contributed by atoms with van der Waals surface area (Å²) in [7, 11) is 1.86. The number of unbranched alkanes of at least 4 members (excludes halogenated alkanes) is 1. The molecule has 1 heterocycles. The molecular formula is C8H16N2O2. The Labute approximate surface area is 73.0 Å². The third-order valence-corrected chi connectivity index (χ3v) is 1.99. The van der Waals surface area contributed by atoms with Crippen LogP contribution in [0, 0.1) is 0 Å². The molecule has 0 aromatic rings. The van der Waals surface area contributed by atoms with Crippen LogP contribution in [0.3, 0.4) is 0 Å². The van der Waals surface area contributed by atoms with E-state index in [1.807, 2.05) is 29.2 Å². The Bertz CT molecular complexity index is 161. The van der Waals surface area contributed by atoms with Gasteiger partial charge in [0, 0.05) is 26.0 Å². The van der Waals surface area contributed by atoms with Crippen LogP contribution in [0.1, 0.15) is 19.8 Å². The predicted octanol–water partition coefficient (Wildman–Crippen LogP) is 1.28. The van der Waals surface area contributed by atoms with Crippen molar-refractivity contribution in [1.82, 2.24) is 9.80 Å². The fourth-order valence-corrected chi connectivity index (χ4v) is 1.23. The molecule has 1 rings (SSSR count). The molecule has 4 nitrogen and oxygen atoms in total. The van der Waals surface area contributed by atoms with Gasteiger partial charge in [0.15, 0.2) is 0 Å². The van der Waals surface area contributed by atoms with Gasteiger partial charge in [0.2, 0.25) is 6.35 Å². The molecule has 0 radical (unpaired) electrons. The second kappa shape index (κ2) is 4.33. The average Bonchev–Trinajstić information content (AvgIpc) is 2.43. The van der Waals surface area contributed by atoms with Gasteiger partial charge in [-0.1, -0.05) is 13.3 Å². The van der Waals surface area contributed by atoms with Crippen LogP contribution in [0.2, 0.25) is 0 Å². The van der Waals surface area contributed by atoms with E-state index in [4.69, 9.17) is 5.26 Å². The summed E-state index contributed by atoms with van der Waals surface area (Å²) < 4.78 is 0. The van der Waals surface area contributed by atoms with Crippen LogP contribution >= 0.6 is 0 Å². The lowest BCUT2D eigenvalue weighted by molar-refractivity contribution is -0.331. The Morgan fingerprint density at radius 1 is 1.50 bits per heavy atom. The Morgan fingerprint density at radius 2 is 2.25 bits per heavy atom. The molecule has 0 aliphatic carbocycles. The van der Waals surface area contributed by atoms with Crippen molar-refractivity contribution in [2.24, 2.45) is 0 Å². The molecule has 1 unspecified atom stereocenters. The third-order valence-electron chi connectivity index (χ3n) is 1.99. The first kappa shape index (κ1) is 9.35. The monoisotopic (exact) mass is 172 g/mol. The standard InChI is InChI=1S/C8H16N2O2/c1-3-4-5-10-7-6-9(2)8(10)12-11/h6-8,11H,3-5H2,1-2H3. The molecule has 0 bridgehead atoms. The van der Waals surface area contributed by atoms with Crippen molar-refractivity contribution in [3.05, 3.63) is 12.4 Å². The summed E-state index contributed by atoms with van der Waals surface area (Å²) >= 11 is 0. The van der Waals surface area contributed by atoms with Gasteiger partial charge in [-0.3, -0.25) is 0 Å². The molecule has 0 fully saturated rings.